The average molecular weight is 314 g/mol. The summed E-state index contributed by atoms with van der Waals surface area (Å²) >= 11 is 0. The van der Waals surface area contributed by atoms with E-state index in [9.17, 15) is 19.2 Å². The van der Waals surface area contributed by atoms with E-state index in [1.165, 1.54) is 12.1 Å². The molecule has 2 rings (SSSR count). The summed E-state index contributed by atoms with van der Waals surface area (Å²) in [4.78, 5) is 49.0. The number of carbonyl (C=O) groups excluding carboxylic acids is 4. The SMILES string of the molecule is CC(C)N1C(=O)C(=O)N(CC(=O)Nc2ccccc2C#N)C1=O. The van der Waals surface area contributed by atoms with Crippen molar-refractivity contribution in [2.24, 2.45) is 0 Å². The maximum absolute atomic E-state index is 12.1. The van der Waals surface area contributed by atoms with Crippen LogP contribution < -0.4 is 5.32 Å². The number of hydrogen-bond donors (Lipinski definition) is 1. The molecule has 0 aliphatic carbocycles. The van der Waals surface area contributed by atoms with Crippen LogP contribution in [0.1, 0.15) is 19.4 Å². The van der Waals surface area contributed by atoms with Gasteiger partial charge in [-0.05, 0) is 26.0 Å². The number of nitrogens with zero attached hydrogens (tertiary/aromatic N) is 3. The number of hydrogen-bond acceptors (Lipinski definition) is 5. The van der Waals surface area contributed by atoms with Crippen molar-refractivity contribution < 1.29 is 19.2 Å². The summed E-state index contributed by atoms with van der Waals surface area (Å²) in [7, 11) is 0. The monoisotopic (exact) mass is 314 g/mol. The van der Waals surface area contributed by atoms with Gasteiger partial charge in [0, 0.05) is 6.04 Å². The number of carbonyl (C=O) groups is 4. The summed E-state index contributed by atoms with van der Waals surface area (Å²) < 4.78 is 0. The number of urea groups is 1. The van der Waals surface area contributed by atoms with Crippen LogP contribution in [0, 0.1) is 11.3 Å². The summed E-state index contributed by atoms with van der Waals surface area (Å²) in [6, 6.07) is 6.93. The third-order valence-electron chi connectivity index (χ3n) is 3.22. The van der Waals surface area contributed by atoms with Gasteiger partial charge in [-0.25, -0.2) is 9.69 Å². The maximum atomic E-state index is 12.1. The molecule has 0 bridgehead atoms. The highest BCUT2D eigenvalue weighted by Crippen LogP contribution is 2.17. The van der Waals surface area contributed by atoms with Crippen molar-refractivity contribution in [3.8, 4) is 6.07 Å². The van der Waals surface area contributed by atoms with Crippen LogP contribution in [-0.2, 0) is 14.4 Å². The normalized spacial score (nSPS) is 14.4. The molecule has 1 fully saturated rings. The lowest BCUT2D eigenvalue weighted by atomic mass is 10.2. The van der Waals surface area contributed by atoms with Gasteiger partial charge in [0.2, 0.25) is 5.91 Å². The van der Waals surface area contributed by atoms with Gasteiger partial charge < -0.3 is 5.32 Å². The molecule has 0 atom stereocenters. The number of imide groups is 2. The molecule has 8 nitrogen and oxygen atoms in total. The second-order valence-corrected chi connectivity index (χ2v) is 5.15. The fraction of sp³-hybridized carbons (Fsp3) is 0.267. The third-order valence-corrected chi connectivity index (χ3v) is 3.22. The largest absolute Gasteiger partial charge is 0.334 e. The molecule has 118 valence electrons. The van der Waals surface area contributed by atoms with Gasteiger partial charge in [-0.15, -0.1) is 0 Å². The molecule has 1 aliphatic rings. The van der Waals surface area contributed by atoms with Crippen molar-refractivity contribution in [2.45, 2.75) is 19.9 Å². The lowest BCUT2D eigenvalue weighted by molar-refractivity contribution is -0.144. The van der Waals surface area contributed by atoms with Crippen LogP contribution in [0.25, 0.3) is 0 Å². The predicted octanol–water partition coefficient (Wildman–Crippen LogP) is 0.696. The Morgan fingerprint density at radius 2 is 1.87 bits per heavy atom. The van der Waals surface area contributed by atoms with Gasteiger partial charge in [0.1, 0.15) is 12.6 Å². The Bertz CT molecular complexity index is 735. The van der Waals surface area contributed by atoms with Crippen LogP contribution in [0.5, 0.6) is 0 Å². The molecule has 1 aromatic carbocycles. The first-order valence-electron chi connectivity index (χ1n) is 6.84. The first kappa shape index (κ1) is 16.2. The minimum atomic E-state index is -1.03. The minimum absolute atomic E-state index is 0.250. The van der Waals surface area contributed by atoms with Crippen molar-refractivity contribution in [3.63, 3.8) is 0 Å². The Kier molecular flexibility index (Phi) is 4.41. The summed E-state index contributed by atoms with van der Waals surface area (Å²) in [5.41, 5.74) is 0.519. The van der Waals surface area contributed by atoms with Crippen molar-refractivity contribution >= 4 is 29.4 Å². The second kappa shape index (κ2) is 6.27. The molecule has 23 heavy (non-hydrogen) atoms. The van der Waals surface area contributed by atoms with Crippen LogP contribution >= 0.6 is 0 Å². The number of nitriles is 1. The molecule has 1 saturated heterocycles. The minimum Gasteiger partial charge on any atom is -0.323 e. The third kappa shape index (κ3) is 3.03. The number of amides is 5. The fourth-order valence-corrected chi connectivity index (χ4v) is 2.14. The number of nitrogens with one attached hydrogen (secondary N) is 1. The molecular formula is C15H14N4O4. The smallest absolute Gasteiger partial charge is 0.323 e. The van der Waals surface area contributed by atoms with Gasteiger partial charge in [0.25, 0.3) is 0 Å². The van der Waals surface area contributed by atoms with E-state index in [1.54, 1.807) is 26.0 Å². The van der Waals surface area contributed by atoms with Crippen LogP contribution in [0.3, 0.4) is 0 Å². The van der Waals surface area contributed by atoms with Gasteiger partial charge in [0.15, 0.2) is 0 Å². The summed E-state index contributed by atoms with van der Waals surface area (Å²) in [6.07, 6.45) is 0. The van der Waals surface area contributed by atoms with Crippen molar-refractivity contribution in [3.05, 3.63) is 29.8 Å². The zero-order chi connectivity index (χ0) is 17.1. The highest BCUT2D eigenvalue weighted by molar-refractivity contribution is 6.45. The van der Waals surface area contributed by atoms with Crippen molar-refractivity contribution in [1.82, 2.24) is 9.80 Å². The quantitative estimate of drug-likeness (QED) is 0.649. The maximum Gasteiger partial charge on any atom is 0.334 e. The molecule has 0 radical (unpaired) electrons. The van der Waals surface area contributed by atoms with E-state index in [0.29, 0.717) is 4.90 Å². The second-order valence-electron chi connectivity index (χ2n) is 5.15. The standard InChI is InChI=1S/C15H14N4O4/c1-9(2)19-14(22)13(21)18(15(19)23)8-12(20)17-11-6-4-3-5-10(11)7-16/h3-6,9H,8H2,1-2H3,(H,17,20). The van der Waals surface area contributed by atoms with E-state index in [1.807, 2.05) is 6.07 Å². The molecular weight excluding hydrogens is 300 g/mol. The topological polar surface area (TPSA) is 111 Å². The van der Waals surface area contributed by atoms with Gasteiger partial charge in [-0.3, -0.25) is 19.3 Å². The van der Waals surface area contributed by atoms with Gasteiger partial charge in [0.05, 0.1) is 11.3 Å². The molecule has 8 heteroatoms. The van der Waals surface area contributed by atoms with Gasteiger partial charge in [-0.2, -0.15) is 5.26 Å². The molecule has 1 N–H and O–H groups in total. The van der Waals surface area contributed by atoms with Crippen molar-refractivity contribution in [1.29, 1.82) is 5.26 Å². The summed E-state index contributed by atoms with van der Waals surface area (Å²) in [6.45, 7) is 2.60. The van der Waals surface area contributed by atoms with Gasteiger partial charge >= 0.3 is 17.8 Å². The lowest BCUT2D eigenvalue weighted by Crippen LogP contribution is -2.40. The van der Waals surface area contributed by atoms with Crippen LogP contribution in [-0.4, -0.2) is 46.1 Å². The Morgan fingerprint density at radius 3 is 2.43 bits per heavy atom. The van der Waals surface area contributed by atoms with Crippen LogP contribution in [0.15, 0.2) is 24.3 Å². The zero-order valence-electron chi connectivity index (χ0n) is 12.6. The summed E-state index contributed by atoms with van der Waals surface area (Å²) in [5.74, 6) is -2.66. The van der Waals surface area contributed by atoms with E-state index >= 15 is 0 Å². The molecule has 1 aromatic rings. The molecule has 0 unspecified atom stereocenters. The van der Waals surface area contributed by atoms with Crippen LogP contribution in [0.4, 0.5) is 10.5 Å². The van der Waals surface area contributed by atoms with E-state index < -0.39 is 36.3 Å². The Labute approximate surface area is 132 Å². The number of anilines is 1. The lowest BCUT2D eigenvalue weighted by Gasteiger charge is -2.18. The number of para-hydroxylation sites is 1. The first-order chi connectivity index (χ1) is 10.9. The molecule has 5 amide bonds. The van der Waals surface area contributed by atoms with Crippen molar-refractivity contribution in [2.75, 3.05) is 11.9 Å². The molecule has 0 aromatic heterocycles. The highest BCUT2D eigenvalue weighted by atomic mass is 16.2. The first-order valence-corrected chi connectivity index (χ1v) is 6.84. The van der Waals surface area contributed by atoms with E-state index in [0.717, 1.165) is 4.90 Å². The molecule has 0 spiro atoms. The summed E-state index contributed by atoms with van der Waals surface area (Å²) in [5, 5.41) is 11.4. The number of rotatable bonds is 4. The Hall–Kier alpha value is -3.21. The van der Waals surface area contributed by atoms with Gasteiger partial charge in [-0.1, -0.05) is 12.1 Å². The molecule has 1 heterocycles. The molecule has 1 aliphatic heterocycles. The van der Waals surface area contributed by atoms with E-state index in [-0.39, 0.29) is 11.3 Å². The number of benzene rings is 1. The van der Waals surface area contributed by atoms with Crippen LogP contribution in [0.2, 0.25) is 0 Å². The Balaban J connectivity index is 2.12. The van der Waals surface area contributed by atoms with E-state index in [2.05, 4.69) is 5.32 Å². The molecule has 0 saturated carbocycles. The average Bonchev–Trinajstić information content (AvgIpc) is 2.71. The highest BCUT2D eigenvalue weighted by Gasteiger charge is 2.46. The fourth-order valence-electron chi connectivity index (χ4n) is 2.14. The predicted molar refractivity (Wildman–Crippen MR) is 78.9 cm³/mol. The Morgan fingerprint density at radius 1 is 1.22 bits per heavy atom. The zero-order valence-corrected chi connectivity index (χ0v) is 12.6. The van der Waals surface area contributed by atoms with E-state index in [4.69, 9.17) is 5.26 Å².